The fourth-order valence-electron chi connectivity index (χ4n) is 2.75. The fraction of sp³-hybridized carbons (Fsp3) is 0.929. The monoisotopic (exact) mass is 257 g/mol. The molecule has 1 N–H and O–H groups in total. The van der Waals surface area contributed by atoms with Gasteiger partial charge in [-0.25, -0.2) is 0 Å². The summed E-state index contributed by atoms with van der Waals surface area (Å²) >= 11 is 0. The maximum absolute atomic E-state index is 11.4. The predicted octanol–water partition coefficient (Wildman–Crippen LogP) is 1.81. The number of rotatable bonds is 6. The number of carbonyl (C=O) groups excluding carboxylic acids is 1. The molecule has 0 aromatic heterocycles. The van der Waals surface area contributed by atoms with E-state index in [0.29, 0.717) is 13.1 Å². The Morgan fingerprint density at radius 2 is 2.00 bits per heavy atom. The summed E-state index contributed by atoms with van der Waals surface area (Å²) < 4.78 is 4.74. The van der Waals surface area contributed by atoms with Crippen molar-refractivity contribution in [2.45, 2.75) is 51.6 Å². The summed E-state index contributed by atoms with van der Waals surface area (Å²) in [5.41, 5.74) is -0.551. The SMILES string of the molecule is CCN(CC(C)C(=O)OC)CC1(O)CCCCC1. The Morgan fingerprint density at radius 3 is 2.50 bits per heavy atom. The van der Waals surface area contributed by atoms with Crippen LogP contribution in [0.2, 0.25) is 0 Å². The van der Waals surface area contributed by atoms with Gasteiger partial charge in [0.25, 0.3) is 0 Å². The van der Waals surface area contributed by atoms with Gasteiger partial charge in [0.1, 0.15) is 0 Å². The summed E-state index contributed by atoms with van der Waals surface area (Å²) in [6.45, 7) is 6.12. The second kappa shape index (κ2) is 7.10. The molecule has 0 saturated heterocycles. The molecule has 1 rings (SSSR count). The lowest BCUT2D eigenvalue weighted by Crippen LogP contribution is -2.46. The Labute approximate surface area is 110 Å². The van der Waals surface area contributed by atoms with Gasteiger partial charge in [0.15, 0.2) is 0 Å². The molecule has 1 fully saturated rings. The van der Waals surface area contributed by atoms with Gasteiger partial charge >= 0.3 is 5.97 Å². The molecule has 1 aliphatic rings. The summed E-state index contributed by atoms with van der Waals surface area (Å²) in [4.78, 5) is 13.6. The van der Waals surface area contributed by atoms with Crippen LogP contribution in [0.1, 0.15) is 46.0 Å². The zero-order valence-corrected chi connectivity index (χ0v) is 11.9. The van der Waals surface area contributed by atoms with Crippen LogP contribution in [-0.4, -0.2) is 48.3 Å². The Bertz CT molecular complexity index is 262. The van der Waals surface area contributed by atoms with Crippen LogP contribution >= 0.6 is 0 Å². The predicted molar refractivity (Wildman–Crippen MR) is 71.3 cm³/mol. The molecule has 18 heavy (non-hydrogen) atoms. The van der Waals surface area contributed by atoms with E-state index >= 15 is 0 Å². The third-order valence-corrected chi connectivity index (χ3v) is 3.89. The van der Waals surface area contributed by atoms with Crippen LogP contribution in [-0.2, 0) is 9.53 Å². The van der Waals surface area contributed by atoms with E-state index < -0.39 is 5.60 Å². The van der Waals surface area contributed by atoms with Gasteiger partial charge < -0.3 is 9.84 Å². The molecular weight excluding hydrogens is 230 g/mol. The second-order valence-electron chi connectivity index (χ2n) is 5.54. The van der Waals surface area contributed by atoms with Crippen LogP contribution < -0.4 is 0 Å². The number of nitrogens with zero attached hydrogens (tertiary/aromatic N) is 1. The van der Waals surface area contributed by atoms with Crippen molar-refractivity contribution in [2.24, 2.45) is 5.92 Å². The van der Waals surface area contributed by atoms with Crippen molar-refractivity contribution < 1.29 is 14.6 Å². The van der Waals surface area contributed by atoms with Gasteiger partial charge in [0, 0.05) is 13.1 Å². The van der Waals surface area contributed by atoms with E-state index in [1.807, 2.05) is 6.92 Å². The zero-order chi connectivity index (χ0) is 13.6. The topological polar surface area (TPSA) is 49.8 Å². The van der Waals surface area contributed by atoms with E-state index in [4.69, 9.17) is 4.74 Å². The van der Waals surface area contributed by atoms with E-state index in [9.17, 15) is 9.90 Å². The molecule has 0 aromatic carbocycles. The normalized spacial score (nSPS) is 20.7. The van der Waals surface area contributed by atoms with Crippen LogP contribution in [0.15, 0.2) is 0 Å². The zero-order valence-electron chi connectivity index (χ0n) is 11.9. The summed E-state index contributed by atoms with van der Waals surface area (Å²) in [7, 11) is 1.42. The number of methoxy groups -OCH3 is 1. The maximum Gasteiger partial charge on any atom is 0.309 e. The molecule has 4 heteroatoms. The van der Waals surface area contributed by atoms with Crippen molar-refractivity contribution in [3.8, 4) is 0 Å². The Morgan fingerprint density at radius 1 is 1.39 bits per heavy atom. The van der Waals surface area contributed by atoms with Crippen LogP contribution in [0, 0.1) is 5.92 Å². The second-order valence-corrected chi connectivity index (χ2v) is 5.54. The summed E-state index contributed by atoms with van der Waals surface area (Å²) in [6, 6.07) is 0. The molecular formula is C14H27NO3. The average Bonchev–Trinajstić information content (AvgIpc) is 2.37. The molecule has 0 radical (unpaired) electrons. The smallest absolute Gasteiger partial charge is 0.309 e. The van der Waals surface area contributed by atoms with E-state index in [2.05, 4.69) is 11.8 Å². The number of esters is 1. The van der Waals surface area contributed by atoms with Gasteiger partial charge in [0.05, 0.1) is 18.6 Å². The Kier molecular flexibility index (Phi) is 6.09. The number of likely N-dealkylation sites (N-methyl/N-ethyl adjacent to an activating group) is 1. The van der Waals surface area contributed by atoms with E-state index in [-0.39, 0.29) is 11.9 Å². The molecule has 1 aliphatic carbocycles. The third-order valence-electron chi connectivity index (χ3n) is 3.89. The number of aliphatic hydroxyl groups is 1. The standard InChI is InChI=1S/C14H27NO3/c1-4-15(10-12(2)13(16)18-3)11-14(17)8-6-5-7-9-14/h12,17H,4-11H2,1-3H3. The molecule has 1 saturated carbocycles. The average molecular weight is 257 g/mol. The highest BCUT2D eigenvalue weighted by Crippen LogP contribution is 2.28. The minimum atomic E-state index is -0.551. The summed E-state index contributed by atoms with van der Waals surface area (Å²) in [6.07, 6.45) is 5.22. The van der Waals surface area contributed by atoms with Gasteiger partial charge in [-0.3, -0.25) is 9.69 Å². The first kappa shape index (κ1) is 15.4. The van der Waals surface area contributed by atoms with Crippen molar-refractivity contribution >= 4 is 5.97 Å². The Balaban J connectivity index is 2.48. The van der Waals surface area contributed by atoms with Gasteiger partial charge in [-0.2, -0.15) is 0 Å². The van der Waals surface area contributed by atoms with Gasteiger partial charge in [-0.15, -0.1) is 0 Å². The number of carbonyl (C=O) groups is 1. The quantitative estimate of drug-likeness (QED) is 0.737. The van der Waals surface area contributed by atoms with Crippen LogP contribution in [0.5, 0.6) is 0 Å². The molecule has 0 bridgehead atoms. The fourth-order valence-corrected chi connectivity index (χ4v) is 2.75. The molecule has 0 spiro atoms. The molecule has 0 heterocycles. The molecule has 0 aliphatic heterocycles. The minimum Gasteiger partial charge on any atom is -0.469 e. The van der Waals surface area contributed by atoms with Crippen molar-refractivity contribution in [1.29, 1.82) is 0 Å². The molecule has 106 valence electrons. The molecule has 1 unspecified atom stereocenters. The first-order valence-corrected chi connectivity index (χ1v) is 7.03. The highest BCUT2D eigenvalue weighted by Gasteiger charge is 2.31. The van der Waals surface area contributed by atoms with Crippen LogP contribution in [0.25, 0.3) is 0 Å². The van der Waals surface area contributed by atoms with Gasteiger partial charge in [-0.1, -0.05) is 33.1 Å². The molecule has 1 atom stereocenters. The highest BCUT2D eigenvalue weighted by molar-refractivity contribution is 5.72. The van der Waals surface area contributed by atoms with Crippen molar-refractivity contribution in [3.63, 3.8) is 0 Å². The summed E-state index contributed by atoms with van der Waals surface area (Å²) in [5, 5.41) is 10.5. The first-order chi connectivity index (χ1) is 8.50. The van der Waals surface area contributed by atoms with E-state index in [0.717, 1.165) is 32.2 Å². The van der Waals surface area contributed by atoms with Gasteiger partial charge in [-0.05, 0) is 19.4 Å². The first-order valence-electron chi connectivity index (χ1n) is 7.03. The molecule has 0 amide bonds. The lowest BCUT2D eigenvalue weighted by Gasteiger charge is -2.37. The highest BCUT2D eigenvalue weighted by atomic mass is 16.5. The largest absolute Gasteiger partial charge is 0.469 e. The maximum atomic E-state index is 11.4. The van der Waals surface area contributed by atoms with Crippen molar-refractivity contribution in [3.05, 3.63) is 0 Å². The number of hydrogen-bond acceptors (Lipinski definition) is 4. The lowest BCUT2D eigenvalue weighted by atomic mass is 9.84. The molecule has 4 nitrogen and oxygen atoms in total. The van der Waals surface area contributed by atoms with E-state index in [1.165, 1.54) is 13.5 Å². The molecule has 0 aromatic rings. The van der Waals surface area contributed by atoms with Gasteiger partial charge in [0.2, 0.25) is 0 Å². The lowest BCUT2D eigenvalue weighted by molar-refractivity contribution is -0.145. The van der Waals surface area contributed by atoms with Crippen molar-refractivity contribution in [2.75, 3.05) is 26.7 Å². The Hall–Kier alpha value is -0.610. The number of hydrogen-bond donors (Lipinski definition) is 1. The number of ether oxygens (including phenoxy) is 1. The van der Waals surface area contributed by atoms with E-state index in [1.54, 1.807) is 0 Å². The minimum absolute atomic E-state index is 0.137. The van der Waals surface area contributed by atoms with Crippen LogP contribution in [0.3, 0.4) is 0 Å². The van der Waals surface area contributed by atoms with Crippen molar-refractivity contribution in [1.82, 2.24) is 4.90 Å². The third kappa shape index (κ3) is 4.58. The van der Waals surface area contributed by atoms with Crippen LogP contribution in [0.4, 0.5) is 0 Å². The summed E-state index contributed by atoms with van der Waals surface area (Å²) in [5.74, 6) is -0.314.